The van der Waals surface area contributed by atoms with E-state index in [9.17, 15) is 13.2 Å². The van der Waals surface area contributed by atoms with Crippen LogP contribution in [0.5, 0.6) is 0 Å². The minimum atomic E-state index is -4.01. The number of hydrogen-bond acceptors (Lipinski definition) is 6. The highest BCUT2D eigenvalue weighted by molar-refractivity contribution is 7.92. The summed E-state index contributed by atoms with van der Waals surface area (Å²) in [6, 6.07) is 6.21. The highest BCUT2D eigenvalue weighted by Gasteiger charge is 2.21. The van der Waals surface area contributed by atoms with Gasteiger partial charge in [0.15, 0.2) is 5.43 Å². The number of nitriles is 1. The molecule has 0 atom stereocenters. The first kappa shape index (κ1) is 20.9. The van der Waals surface area contributed by atoms with Gasteiger partial charge in [-0.25, -0.2) is 8.42 Å². The molecule has 0 aliphatic carbocycles. The molecule has 12 heteroatoms. The average molecular weight is 475 g/mol. The summed E-state index contributed by atoms with van der Waals surface area (Å²) in [4.78, 5) is 16.8. The number of aromatic amines is 1. The first-order chi connectivity index (χ1) is 14.7. The summed E-state index contributed by atoms with van der Waals surface area (Å²) in [5.74, 6) is 0. The van der Waals surface area contributed by atoms with E-state index in [0.29, 0.717) is 11.4 Å². The number of anilines is 1. The van der Waals surface area contributed by atoms with E-state index >= 15 is 0 Å². The molecule has 0 aliphatic heterocycles. The number of aryl methyl sites for hydroxylation is 1. The molecular weight excluding hydrogens is 463 g/mol. The number of hydrogen-bond donors (Lipinski definition) is 2. The van der Waals surface area contributed by atoms with E-state index < -0.39 is 15.5 Å². The lowest BCUT2D eigenvalue weighted by molar-refractivity contribution is 0.601. The molecule has 0 fully saturated rings. The van der Waals surface area contributed by atoms with Crippen molar-refractivity contribution in [2.45, 2.75) is 11.8 Å². The van der Waals surface area contributed by atoms with Crippen molar-refractivity contribution < 1.29 is 8.42 Å². The van der Waals surface area contributed by atoms with Crippen LogP contribution < -0.4 is 10.2 Å². The highest BCUT2D eigenvalue weighted by atomic mass is 35.5. The van der Waals surface area contributed by atoms with Crippen LogP contribution in [-0.4, -0.2) is 28.2 Å². The van der Waals surface area contributed by atoms with Crippen LogP contribution in [0, 0.1) is 18.3 Å². The minimum Gasteiger partial charge on any atom is -0.309 e. The van der Waals surface area contributed by atoms with Gasteiger partial charge in [0.25, 0.3) is 10.0 Å². The topological polar surface area (TPSA) is 134 Å². The molecule has 0 radical (unpaired) electrons. The SMILES string of the molecule is Cc1cc(=O)c2c(NS(=O)(=O)c3cn[nH]c3)cncc2n1-c1c(Cl)cc(C#N)cc1Cl. The fourth-order valence-corrected chi connectivity index (χ4v) is 4.82. The molecule has 9 nitrogen and oxygen atoms in total. The number of nitrogens with zero attached hydrogens (tertiary/aromatic N) is 4. The Balaban J connectivity index is 2.00. The van der Waals surface area contributed by atoms with Crippen molar-refractivity contribution in [2.24, 2.45) is 0 Å². The lowest BCUT2D eigenvalue weighted by Gasteiger charge is -2.18. The number of benzene rings is 1. The number of halogens is 2. The summed E-state index contributed by atoms with van der Waals surface area (Å²) in [6.45, 7) is 1.67. The monoisotopic (exact) mass is 474 g/mol. The van der Waals surface area contributed by atoms with Gasteiger partial charge in [-0.3, -0.25) is 19.6 Å². The van der Waals surface area contributed by atoms with E-state index in [1.165, 1.54) is 36.8 Å². The molecule has 31 heavy (non-hydrogen) atoms. The van der Waals surface area contributed by atoms with Crippen LogP contribution in [0.15, 0.2) is 52.7 Å². The number of H-pyrrole nitrogens is 1. The van der Waals surface area contributed by atoms with Crippen LogP contribution in [0.3, 0.4) is 0 Å². The molecule has 1 aromatic carbocycles. The molecule has 156 valence electrons. The largest absolute Gasteiger partial charge is 0.309 e. The van der Waals surface area contributed by atoms with Crippen molar-refractivity contribution in [1.82, 2.24) is 19.7 Å². The quantitative estimate of drug-likeness (QED) is 0.465. The second-order valence-corrected chi connectivity index (χ2v) is 9.00. The number of rotatable bonds is 4. The molecule has 3 aromatic heterocycles. The summed E-state index contributed by atoms with van der Waals surface area (Å²) in [5.41, 5.74) is 0.943. The zero-order chi connectivity index (χ0) is 22.3. The van der Waals surface area contributed by atoms with Gasteiger partial charge in [-0.15, -0.1) is 0 Å². The predicted octanol–water partition coefficient (Wildman–Crippen LogP) is 3.40. The van der Waals surface area contributed by atoms with Crippen molar-refractivity contribution in [1.29, 1.82) is 5.26 Å². The summed E-state index contributed by atoms with van der Waals surface area (Å²) in [5, 5.41) is 15.6. The van der Waals surface area contributed by atoms with Crippen molar-refractivity contribution in [2.75, 3.05) is 4.72 Å². The van der Waals surface area contributed by atoms with E-state index in [4.69, 9.17) is 28.5 Å². The van der Waals surface area contributed by atoms with Crippen molar-refractivity contribution in [3.63, 3.8) is 0 Å². The van der Waals surface area contributed by atoms with Crippen molar-refractivity contribution in [3.8, 4) is 11.8 Å². The maximum absolute atomic E-state index is 12.8. The first-order valence-electron chi connectivity index (χ1n) is 8.64. The van der Waals surface area contributed by atoms with Crippen molar-refractivity contribution >= 4 is 49.8 Å². The number of aromatic nitrogens is 4. The molecule has 0 aliphatic rings. The fraction of sp³-hybridized carbons (Fsp3) is 0.0526. The molecule has 0 spiro atoms. The van der Waals surface area contributed by atoms with Gasteiger partial charge in [0, 0.05) is 18.0 Å². The Bertz CT molecular complexity index is 1520. The van der Waals surface area contributed by atoms with Crippen LogP contribution >= 0.6 is 23.2 Å². The normalized spacial score (nSPS) is 11.4. The molecule has 2 N–H and O–H groups in total. The number of sulfonamides is 1. The van der Waals surface area contributed by atoms with E-state index in [0.717, 1.165) is 6.20 Å². The molecule has 0 bridgehead atoms. The third-order valence-electron chi connectivity index (χ3n) is 4.50. The van der Waals surface area contributed by atoms with Crippen LogP contribution in [-0.2, 0) is 10.0 Å². The summed E-state index contributed by atoms with van der Waals surface area (Å²) in [7, 11) is -4.01. The minimum absolute atomic E-state index is 0.0154. The molecule has 0 unspecified atom stereocenters. The van der Waals surface area contributed by atoms with Crippen LogP contribution in [0.4, 0.5) is 5.69 Å². The summed E-state index contributed by atoms with van der Waals surface area (Å²) >= 11 is 12.8. The Morgan fingerprint density at radius 3 is 2.48 bits per heavy atom. The Labute approximate surface area is 185 Å². The highest BCUT2D eigenvalue weighted by Crippen LogP contribution is 2.34. The van der Waals surface area contributed by atoms with Gasteiger partial charge in [-0.05, 0) is 19.1 Å². The zero-order valence-electron chi connectivity index (χ0n) is 15.7. The third-order valence-corrected chi connectivity index (χ3v) is 6.41. The van der Waals surface area contributed by atoms with Crippen LogP contribution in [0.2, 0.25) is 10.0 Å². The Morgan fingerprint density at radius 2 is 1.87 bits per heavy atom. The van der Waals surface area contributed by atoms with Gasteiger partial charge in [0.05, 0.1) is 62.5 Å². The lowest BCUT2D eigenvalue weighted by Crippen LogP contribution is -2.17. The molecule has 4 aromatic rings. The maximum Gasteiger partial charge on any atom is 0.265 e. The van der Waals surface area contributed by atoms with Gasteiger partial charge < -0.3 is 4.57 Å². The number of nitrogens with one attached hydrogen (secondary N) is 2. The fourth-order valence-electron chi connectivity index (χ4n) is 3.20. The smallest absolute Gasteiger partial charge is 0.265 e. The average Bonchev–Trinajstić information content (AvgIpc) is 3.25. The number of fused-ring (bicyclic) bond motifs is 1. The van der Waals surface area contributed by atoms with Crippen molar-refractivity contribution in [3.05, 3.63) is 74.5 Å². The standard InChI is InChI=1S/C19H12Cl2N6O3S/c1-10-2-17(28)18-15(26-31(29,30)12-6-24-25-7-12)8-23-9-16(18)27(10)19-13(20)3-11(5-22)4-14(19)21/h2-4,6-9,26H,1H3,(H,24,25). The van der Waals surface area contributed by atoms with E-state index in [-0.39, 0.29) is 37.1 Å². The van der Waals surface area contributed by atoms with E-state index in [1.54, 1.807) is 11.5 Å². The molecule has 3 heterocycles. The third kappa shape index (κ3) is 3.63. The molecular formula is C19H12Cl2N6O3S. The van der Waals surface area contributed by atoms with Gasteiger partial charge in [0.1, 0.15) is 4.90 Å². The Morgan fingerprint density at radius 1 is 1.16 bits per heavy atom. The predicted molar refractivity (Wildman–Crippen MR) is 116 cm³/mol. The van der Waals surface area contributed by atoms with Gasteiger partial charge >= 0.3 is 0 Å². The van der Waals surface area contributed by atoms with Gasteiger partial charge in [0.2, 0.25) is 0 Å². The number of pyridine rings is 2. The second-order valence-electron chi connectivity index (χ2n) is 6.51. The Kier molecular flexibility index (Phi) is 5.18. The van der Waals surface area contributed by atoms with Crippen LogP contribution in [0.1, 0.15) is 11.3 Å². The molecule has 0 saturated heterocycles. The zero-order valence-corrected chi connectivity index (χ0v) is 18.0. The molecule has 4 rings (SSSR count). The second kappa shape index (κ2) is 7.70. The summed E-state index contributed by atoms with van der Waals surface area (Å²) < 4.78 is 29.2. The van der Waals surface area contributed by atoms with Gasteiger partial charge in [-0.2, -0.15) is 10.4 Å². The summed E-state index contributed by atoms with van der Waals surface area (Å²) in [6.07, 6.45) is 4.99. The van der Waals surface area contributed by atoms with Gasteiger partial charge in [-0.1, -0.05) is 23.2 Å². The van der Waals surface area contributed by atoms with Crippen LogP contribution in [0.25, 0.3) is 16.6 Å². The molecule has 0 saturated carbocycles. The van der Waals surface area contributed by atoms with E-state index in [1.807, 2.05) is 6.07 Å². The first-order valence-corrected chi connectivity index (χ1v) is 10.9. The van der Waals surface area contributed by atoms with E-state index in [2.05, 4.69) is 19.9 Å². The molecule has 0 amide bonds. The maximum atomic E-state index is 12.8. The lowest BCUT2D eigenvalue weighted by atomic mass is 10.1. The Hall–Kier alpha value is -3.39.